The predicted octanol–water partition coefficient (Wildman–Crippen LogP) is 3.05. The summed E-state index contributed by atoms with van der Waals surface area (Å²) in [4.78, 5) is 22.8. The van der Waals surface area contributed by atoms with E-state index in [1.54, 1.807) is 19.9 Å². The fraction of sp³-hybridized carbons (Fsp3) is 0.333. The zero-order valence-electron chi connectivity index (χ0n) is 10.0. The number of carbonyl (C=O) groups is 2. The standard InChI is InChI=1S/C12H15NO3S/c1-4-5-7(2)11(14)13-9-6-8(3)10(17-9)12(15)16/h5-6H,4H2,1-3H3,(H,13,14)(H,15,16)/b7-5+. The van der Waals surface area contributed by atoms with Crippen LogP contribution in [0.1, 0.15) is 35.5 Å². The van der Waals surface area contributed by atoms with Gasteiger partial charge in [0.25, 0.3) is 5.91 Å². The summed E-state index contributed by atoms with van der Waals surface area (Å²) in [6.45, 7) is 5.40. The van der Waals surface area contributed by atoms with E-state index >= 15 is 0 Å². The van der Waals surface area contributed by atoms with Crippen molar-refractivity contribution < 1.29 is 14.7 Å². The summed E-state index contributed by atoms with van der Waals surface area (Å²) in [5, 5.41) is 12.1. The van der Waals surface area contributed by atoms with Gasteiger partial charge in [-0.2, -0.15) is 0 Å². The molecule has 2 N–H and O–H groups in total. The van der Waals surface area contributed by atoms with E-state index in [0.717, 1.165) is 17.8 Å². The lowest BCUT2D eigenvalue weighted by Gasteiger charge is -2.01. The maximum atomic E-state index is 11.7. The first-order valence-corrected chi connectivity index (χ1v) is 6.09. The number of thiophene rings is 1. The molecule has 0 aromatic carbocycles. The van der Waals surface area contributed by atoms with Gasteiger partial charge in [-0.3, -0.25) is 4.79 Å². The predicted molar refractivity (Wildman–Crippen MR) is 68.7 cm³/mol. The van der Waals surface area contributed by atoms with Gasteiger partial charge in [0.05, 0.1) is 5.00 Å². The molecule has 1 aromatic rings. The zero-order valence-corrected chi connectivity index (χ0v) is 10.9. The van der Waals surface area contributed by atoms with Crippen LogP contribution >= 0.6 is 11.3 Å². The van der Waals surface area contributed by atoms with Gasteiger partial charge in [-0.25, -0.2) is 4.79 Å². The topological polar surface area (TPSA) is 66.4 Å². The maximum absolute atomic E-state index is 11.7. The Morgan fingerprint density at radius 3 is 2.65 bits per heavy atom. The second kappa shape index (κ2) is 5.63. The molecule has 0 bridgehead atoms. The zero-order chi connectivity index (χ0) is 13.0. The molecule has 1 rings (SSSR count). The van der Waals surface area contributed by atoms with E-state index in [-0.39, 0.29) is 10.8 Å². The number of anilines is 1. The molecular formula is C12H15NO3S. The lowest BCUT2D eigenvalue weighted by Crippen LogP contribution is -2.11. The summed E-state index contributed by atoms with van der Waals surface area (Å²) in [5.74, 6) is -1.15. The molecule has 0 radical (unpaired) electrons. The minimum atomic E-state index is -0.964. The minimum Gasteiger partial charge on any atom is -0.477 e. The molecule has 0 spiro atoms. The molecule has 0 aliphatic carbocycles. The van der Waals surface area contributed by atoms with Crippen LogP contribution in [0.3, 0.4) is 0 Å². The van der Waals surface area contributed by atoms with Gasteiger partial charge in [0, 0.05) is 5.57 Å². The molecule has 0 fully saturated rings. The Bertz CT molecular complexity index is 474. The van der Waals surface area contributed by atoms with Gasteiger partial charge in [0.15, 0.2) is 0 Å². The second-order valence-corrected chi connectivity index (χ2v) is 4.73. The van der Waals surface area contributed by atoms with Crippen molar-refractivity contribution in [2.24, 2.45) is 0 Å². The Morgan fingerprint density at radius 1 is 1.53 bits per heavy atom. The molecule has 1 aromatic heterocycles. The number of nitrogens with one attached hydrogen (secondary N) is 1. The molecule has 0 aliphatic rings. The SMILES string of the molecule is CC/C=C(\C)C(=O)Nc1cc(C)c(C(=O)O)s1. The monoisotopic (exact) mass is 253 g/mol. The Morgan fingerprint density at radius 2 is 2.18 bits per heavy atom. The van der Waals surface area contributed by atoms with E-state index in [1.165, 1.54) is 0 Å². The molecule has 17 heavy (non-hydrogen) atoms. The van der Waals surface area contributed by atoms with Gasteiger partial charge in [0.2, 0.25) is 0 Å². The highest BCUT2D eigenvalue weighted by molar-refractivity contribution is 7.18. The summed E-state index contributed by atoms with van der Waals surface area (Å²) in [5.41, 5.74) is 1.30. The van der Waals surface area contributed by atoms with Crippen LogP contribution in [0.5, 0.6) is 0 Å². The smallest absolute Gasteiger partial charge is 0.346 e. The normalized spacial score (nSPS) is 11.4. The lowest BCUT2D eigenvalue weighted by atomic mass is 10.2. The largest absolute Gasteiger partial charge is 0.477 e. The van der Waals surface area contributed by atoms with Gasteiger partial charge < -0.3 is 10.4 Å². The molecule has 1 heterocycles. The van der Waals surface area contributed by atoms with Crippen LogP contribution in [0.4, 0.5) is 5.00 Å². The van der Waals surface area contributed by atoms with Crippen molar-refractivity contribution in [2.45, 2.75) is 27.2 Å². The van der Waals surface area contributed by atoms with Crippen LogP contribution in [0.2, 0.25) is 0 Å². The minimum absolute atomic E-state index is 0.190. The molecule has 0 saturated carbocycles. The van der Waals surface area contributed by atoms with E-state index < -0.39 is 5.97 Å². The number of carbonyl (C=O) groups excluding carboxylic acids is 1. The highest BCUT2D eigenvalue weighted by Crippen LogP contribution is 2.26. The maximum Gasteiger partial charge on any atom is 0.346 e. The number of rotatable bonds is 4. The van der Waals surface area contributed by atoms with Gasteiger partial charge >= 0.3 is 5.97 Å². The Balaban J connectivity index is 2.83. The van der Waals surface area contributed by atoms with E-state index in [2.05, 4.69) is 5.32 Å². The van der Waals surface area contributed by atoms with Crippen LogP contribution in [0.25, 0.3) is 0 Å². The first-order valence-electron chi connectivity index (χ1n) is 5.27. The first-order chi connectivity index (χ1) is 7.95. The highest BCUT2D eigenvalue weighted by Gasteiger charge is 2.13. The summed E-state index contributed by atoms with van der Waals surface area (Å²) in [6.07, 6.45) is 2.62. The van der Waals surface area contributed by atoms with Crippen molar-refractivity contribution in [1.29, 1.82) is 0 Å². The van der Waals surface area contributed by atoms with E-state index in [4.69, 9.17) is 5.11 Å². The summed E-state index contributed by atoms with van der Waals surface area (Å²) >= 11 is 1.07. The van der Waals surface area contributed by atoms with E-state index in [0.29, 0.717) is 16.1 Å². The molecule has 0 saturated heterocycles. The first kappa shape index (κ1) is 13.4. The molecule has 1 amide bonds. The Labute approximate surface area is 104 Å². The number of hydrogen-bond acceptors (Lipinski definition) is 3. The Hall–Kier alpha value is -1.62. The summed E-state index contributed by atoms with van der Waals surface area (Å²) < 4.78 is 0. The molecule has 0 atom stereocenters. The van der Waals surface area contributed by atoms with Gasteiger partial charge in [-0.15, -0.1) is 11.3 Å². The van der Waals surface area contributed by atoms with Crippen LogP contribution < -0.4 is 5.32 Å². The van der Waals surface area contributed by atoms with Crippen molar-refractivity contribution >= 4 is 28.2 Å². The Kier molecular flexibility index (Phi) is 4.45. The molecule has 4 nitrogen and oxygen atoms in total. The third-order valence-electron chi connectivity index (χ3n) is 2.22. The number of carboxylic acid groups (broad SMARTS) is 1. The van der Waals surface area contributed by atoms with Crippen LogP contribution in [-0.4, -0.2) is 17.0 Å². The van der Waals surface area contributed by atoms with Crippen molar-refractivity contribution in [1.82, 2.24) is 0 Å². The van der Waals surface area contributed by atoms with Gasteiger partial charge in [-0.05, 0) is 31.9 Å². The fourth-order valence-electron chi connectivity index (χ4n) is 1.37. The van der Waals surface area contributed by atoms with Crippen molar-refractivity contribution in [3.05, 3.63) is 28.2 Å². The van der Waals surface area contributed by atoms with Gasteiger partial charge in [0.1, 0.15) is 4.88 Å². The van der Waals surface area contributed by atoms with Crippen LogP contribution in [0, 0.1) is 6.92 Å². The molecule has 0 unspecified atom stereocenters. The molecule has 0 aliphatic heterocycles. The van der Waals surface area contributed by atoms with Crippen molar-refractivity contribution in [3.63, 3.8) is 0 Å². The van der Waals surface area contributed by atoms with Crippen molar-refractivity contribution in [3.8, 4) is 0 Å². The quantitative estimate of drug-likeness (QED) is 0.810. The number of aromatic carboxylic acids is 1. The third kappa shape index (κ3) is 3.42. The number of aryl methyl sites for hydroxylation is 1. The van der Waals surface area contributed by atoms with E-state index in [1.807, 2.05) is 13.0 Å². The average molecular weight is 253 g/mol. The lowest BCUT2D eigenvalue weighted by molar-refractivity contribution is -0.112. The van der Waals surface area contributed by atoms with Crippen molar-refractivity contribution in [2.75, 3.05) is 5.32 Å². The second-order valence-electron chi connectivity index (χ2n) is 3.68. The number of allylic oxidation sites excluding steroid dienone is 1. The summed E-state index contributed by atoms with van der Waals surface area (Å²) in [6, 6.07) is 1.67. The highest BCUT2D eigenvalue weighted by atomic mass is 32.1. The third-order valence-corrected chi connectivity index (χ3v) is 3.36. The molecular weight excluding hydrogens is 238 g/mol. The molecule has 92 valence electrons. The van der Waals surface area contributed by atoms with E-state index in [9.17, 15) is 9.59 Å². The number of amides is 1. The van der Waals surface area contributed by atoms with Crippen LogP contribution in [-0.2, 0) is 4.79 Å². The summed E-state index contributed by atoms with van der Waals surface area (Å²) in [7, 11) is 0. The van der Waals surface area contributed by atoms with Crippen LogP contribution in [0.15, 0.2) is 17.7 Å². The van der Waals surface area contributed by atoms with Gasteiger partial charge in [-0.1, -0.05) is 13.0 Å². The average Bonchev–Trinajstić information content (AvgIpc) is 2.59. The molecule has 5 heteroatoms. The fourth-order valence-corrected chi connectivity index (χ4v) is 2.27. The number of carboxylic acids is 1. The number of hydrogen-bond donors (Lipinski definition) is 2.